The number of hydrogen-bond donors (Lipinski definition) is 2. The summed E-state index contributed by atoms with van der Waals surface area (Å²) in [6.45, 7) is 5.76. The Bertz CT molecular complexity index is 553. The topological polar surface area (TPSA) is 80.4 Å². The minimum Gasteiger partial charge on any atom is -0.397 e. The standard InChI is InChI=1S/C15H24N4O2/c1-15(2,3)17-13(20)9-18(4)14(21)12-7-10(16)8-19(12)11-5-6-11/h7-8,11H,5-6,9,16H2,1-4H3,(H,17,20). The first-order chi connectivity index (χ1) is 9.67. The molecule has 0 radical (unpaired) electrons. The highest BCUT2D eigenvalue weighted by Gasteiger charge is 2.29. The Morgan fingerprint density at radius 3 is 2.57 bits per heavy atom. The first kappa shape index (κ1) is 15.4. The molecule has 116 valence electrons. The van der Waals surface area contributed by atoms with Crippen LogP contribution in [0.25, 0.3) is 0 Å². The molecule has 0 aromatic carbocycles. The Balaban J connectivity index is 2.04. The molecule has 0 bridgehead atoms. The number of anilines is 1. The lowest BCUT2D eigenvalue weighted by molar-refractivity contribution is -0.122. The summed E-state index contributed by atoms with van der Waals surface area (Å²) in [5, 5.41) is 2.85. The van der Waals surface area contributed by atoms with Crippen molar-refractivity contribution in [3.63, 3.8) is 0 Å². The maximum atomic E-state index is 12.5. The van der Waals surface area contributed by atoms with E-state index in [1.165, 1.54) is 4.90 Å². The molecule has 6 nitrogen and oxygen atoms in total. The van der Waals surface area contributed by atoms with Gasteiger partial charge < -0.3 is 20.5 Å². The SMILES string of the molecule is CN(CC(=O)NC(C)(C)C)C(=O)c1cc(N)cn1C1CC1. The van der Waals surface area contributed by atoms with Crippen LogP contribution in [0.5, 0.6) is 0 Å². The second kappa shape index (κ2) is 5.42. The molecule has 1 heterocycles. The minimum atomic E-state index is -0.306. The van der Waals surface area contributed by atoms with Crippen LogP contribution < -0.4 is 11.1 Å². The third-order valence-electron chi connectivity index (χ3n) is 3.27. The lowest BCUT2D eigenvalue weighted by atomic mass is 10.1. The molecule has 1 aliphatic carbocycles. The number of nitrogens with two attached hydrogens (primary N) is 1. The molecule has 0 atom stereocenters. The van der Waals surface area contributed by atoms with Crippen molar-refractivity contribution < 1.29 is 9.59 Å². The van der Waals surface area contributed by atoms with Crippen LogP contribution in [-0.4, -0.2) is 40.4 Å². The lowest BCUT2D eigenvalue weighted by Crippen LogP contribution is -2.46. The molecule has 0 saturated heterocycles. The molecule has 1 saturated carbocycles. The van der Waals surface area contributed by atoms with Crippen LogP contribution in [-0.2, 0) is 4.79 Å². The molecule has 1 fully saturated rings. The van der Waals surface area contributed by atoms with Crippen molar-refractivity contribution in [2.24, 2.45) is 0 Å². The molecule has 1 aliphatic rings. The van der Waals surface area contributed by atoms with E-state index in [0.717, 1.165) is 12.8 Å². The van der Waals surface area contributed by atoms with E-state index in [-0.39, 0.29) is 23.9 Å². The lowest BCUT2D eigenvalue weighted by Gasteiger charge is -2.23. The summed E-state index contributed by atoms with van der Waals surface area (Å²) in [5.41, 5.74) is 6.63. The monoisotopic (exact) mass is 292 g/mol. The van der Waals surface area contributed by atoms with Crippen LogP contribution in [0.2, 0.25) is 0 Å². The largest absolute Gasteiger partial charge is 0.397 e. The highest BCUT2D eigenvalue weighted by atomic mass is 16.2. The second-order valence-electron chi connectivity index (χ2n) is 6.76. The maximum absolute atomic E-state index is 12.5. The van der Waals surface area contributed by atoms with E-state index in [1.54, 1.807) is 19.3 Å². The summed E-state index contributed by atoms with van der Waals surface area (Å²) in [4.78, 5) is 25.8. The van der Waals surface area contributed by atoms with Crippen LogP contribution in [0.4, 0.5) is 5.69 Å². The summed E-state index contributed by atoms with van der Waals surface area (Å²) in [6, 6.07) is 2.05. The Labute approximate surface area is 125 Å². The Morgan fingerprint density at radius 1 is 1.43 bits per heavy atom. The van der Waals surface area contributed by atoms with Crippen LogP contribution in [0.1, 0.15) is 50.1 Å². The third-order valence-corrected chi connectivity index (χ3v) is 3.27. The third kappa shape index (κ3) is 4.00. The molecule has 1 aromatic heterocycles. The zero-order chi connectivity index (χ0) is 15.8. The van der Waals surface area contributed by atoms with Crippen molar-refractivity contribution in [3.8, 4) is 0 Å². The second-order valence-corrected chi connectivity index (χ2v) is 6.76. The normalized spacial score (nSPS) is 14.9. The van der Waals surface area contributed by atoms with E-state index in [2.05, 4.69) is 5.32 Å². The smallest absolute Gasteiger partial charge is 0.270 e. The van der Waals surface area contributed by atoms with Gasteiger partial charge in [0, 0.05) is 24.8 Å². The molecular formula is C15H24N4O2. The van der Waals surface area contributed by atoms with Gasteiger partial charge in [-0.05, 0) is 39.7 Å². The maximum Gasteiger partial charge on any atom is 0.270 e. The molecule has 1 aromatic rings. The predicted molar refractivity (Wildman–Crippen MR) is 82.0 cm³/mol. The van der Waals surface area contributed by atoms with E-state index < -0.39 is 0 Å². The summed E-state index contributed by atoms with van der Waals surface area (Å²) in [5.74, 6) is -0.349. The zero-order valence-electron chi connectivity index (χ0n) is 13.1. The molecule has 0 spiro atoms. The van der Waals surface area contributed by atoms with Gasteiger partial charge in [-0.1, -0.05) is 0 Å². The molecule has 0 aliphatic heterocycles. The minimum absolute atomic E-state index is 0.0336. The number of carbonyl (C=O) groups is 2. The fourth-order valence-electron chi connectivity index (χ4n) is 2.27. The fourth-order valence-corrected chi connectivity index (χ4v) is 2.27. The number of nitrogen functional groups attached to an aromatic ring is 1. The number of nitrogens with zero attached hydrogens (tertiary/aromatic N) is 2. The van der Waals surface area contributed by atoms with E-state index in [4.69, 9.17) is 5.73 Å². The summed E-state index contributed by atoms with van der Waals surface area (Å²) >= 11 is 0. The van der Waals surface area contributed by atoms with Gasteiger partial charge in [0.1, 0.15) is 5.69 Å². The number of nitrogens with one attached hydrogen (secondary N) is 1. The van der Waals surface area contributed by atoms with Crippen LogP contribution in [0.3, 0.4) is 0 Å². The molecule has 2 amide bonds. The Hall–Kier alpha value is -1.98. The van der Waals surface area contributed by atoms with Gasteiger partial charge >= 0.3 is 0 Å². The molecule has 3 N–H and O–H groups in total. The summed E-state index contributed by atoms with van der Waals surface area (Å²) in [6.07, 6.45) is 3.94. The average molecular weight is 292 g/mol. The fraction of sp³-hybridized carbons (Fsp3) is 0.600. The molecule has 0 unspecified atom stereocenters. The quantitative estimate of drug-likeness (QED) is 0.880. The molecule has 6 heteroatoms. The van der Waals surface area contributed by atoms with Gasteiger partial charge in [-0.3, -0.25) is 9.59 Å². The van der Waals surface area contributed by atoms with Gasteiger partial charge in [0.2, 0.25) is 5.91 Å². The molecular weight excluding hydrogens is 268 g/mol. The van der Waals surface area contributed by atoms with Crippen molar-refractivity contribution in [2.75, 3.05) is 19.3 Å². The number of aromatic nitrogens is 1. The van der Waals surface area contributed by atoms with E-state index in [0.29, 0.717) is 17.4 Å². The number of amides is 2. The van der Waals surface area contributed by atoms with Crippen molar-refractivity contribution >= 4 is 17.5 Å². The number of carbonyl (C=O) groups excluding carboxylic acids is 2. The van der Waals surface area contributed by atoms with Crippen molar-refractivity contribution in [1.82, 2.24) is 14.8 Å². The van der Waals surface area contributed by atoms with Crippen molar-refractivity contribution in [2.45, 2.75) is 45.2 Å². The number of rotatable bonds is 4. The van der Waals surface area contributed by atoms with Crippen molar-refractivity contribution in [3.05, 3.63) is 18.0 Å². The van der Waals surface area contributed by atoms with Crippen LogP contribution in [0.15, 0.2) is 12.3 Å². The van der Waals surface area contributed by atoms with Gasteiger partial charge in [0.05, 0.1) is 12.2 Å². The molecule has 2 rings (SSSR count). The van der Waals surface area contributed by atoms with Crippen LogP contribution in [0, 0.1) is 0 Å². The summed E-state index contributed by atoms with van der Waals surface area (Å²) in [7, 11) is 1.63. The van der Waals surface area contributed by atoms with E-state index in [1.807, 2.05) is 25.3 Å². The first-order valence-electron chi connectivity index (χ1n) is 7.21. The van der Waals surface area contributed by atoms with Gasteiger partial charge in [-0.15, -0.1) is 0 Å². The van der Waals surface area contributed by atoms with Crippen molar-refractivity contribution in [1.29, 1.82) is 0 Å². The highest BCUT2D eigenvalue weighted by Crippen LogP contribution is 2.37. The Morgan fingerprint density at radius 2 is 2.05 bits per heavy atom. The molecule has 21 heavy (non-hydrogen) atoms. The van der Waals surface area contributed by atoms with Gasteiger partial charge in [-0.25, -0.2) is 0 Å². The van der Waals surface area contributed by atoms with Gasteiger partial charge in [0.15, 0.2) is 0 Å². The predicted octanol–water partition coefficient (Wildman–Crippen LogP) is 1.39. The zero-order valence-corrected chi connectivity index (χ0v) is 13.1. The average Bonchev–Trinajstić information content (AvgIpc) is 3.09. The summed E-state index contributed by atoms with van der Waals surface area (Å²) < 4.78 is 1.93. The Kier molecular flexibility index (Phi) is 3.98. The van der Waals surface area contributed by atoms with E-state index in [9.17, 15) is 9.59 Å². The number of hydrogen-bond acceptors (Lipinski definition) is 3. The first-order valence-corrected chi connectivity index (χ1v) is 7.21. The highest BCUT2D eigenvalue weighted by molar-refractivity contribution is 5.96. The van der Waals surface area contributed by atoms with Crippen LogP contribution >= 0.6 is 0 Å². The van der Waals surface area contributed by atoms with Gasteiger partial charge in [0.25, 0.3) is 5.91 Å². The van der Waals surface area contributed by atoms with E-state index >= 15 is 0 Å². The van der Waals surface area contributed by atoms with Gasteiger partial charge in [-0.2, -0.15) is 0 Å². The number of likely N-dealkylation sites (N-methyl/N-ethyl adjacent to an activating group) is 1.